The molecule has 0 unspecified atom stereocenters. The van der Waals surface area contributed by atoms with Crippen LogP contribution in [0.2, 0.25) is 0 Å². The number of benzene rings is 2. The summed E-state index contributed by atoms with van der Waals surface area (Å²) in [5, 5.41) is 2.70. The molecule has 6 nitrogen and oxygen atoms in total. The lowest BCUT2D eigenvalue weighted by molar-refractivity contribution is -0.121. The Morgan fingerprint density at radius 1 is 0.926 bits per heavy atom. The van der Waals surface area contributed by atoms with Crippen LogP contribution in [0.15, 0.2) is 53.4 Å². The molecule has 2 aromatic carbocycles. The molecule has 0 fully saturated rings. The molecule has 27 heavy (non-hydrogen) atoms. The standard InChI is InChI=1S/C20H26N2O4S/c1-16-5-9-18(10-6-16)26-15-3-4-20(23)21-13-14-22-27(24,25)19-11-7-17(2)8-12-19/h5-12,22H,3-4,13-15H2,1-2H3,(H,21,23). The second kappa shape index (κ2) is 10.1. The Labute approximate surface area is 161 Å². The summed E-state index contributed by atoms with van der Waals surface area (Å²) in [5.41, 5.74) is 2.16. The summed E-state index contributed by atoms with van der Waals surface area (Å²) in [6, 6.07) is 14.4. The molecule has 2 N–H and O–H groups in total. The quantitative estimate of drug-likeness (QED) is 0.611. The summed E-state index contributed by atoms with van der Waals surface area (Å²) >= 11 is 0. The van der Waals surface area contributed by atoms with E-state index in [4.69, 9.17) is 4.74 Å². The van der Waals surface area contributed by atoms with Crippen LogP contribution < -0.4 is 14.8 Å². The van der Waals surface area contributed by atoms with Gasteiger partial charge < -0.3 is 10.1 Å². The number of amides is 1. The van der Waals surface area contributed by atoms with E-state index < -0.39 is 10.0 Å². The van der Waals surface area contributed by atoms with Gasteiger partial charge in [-0.1, -0.05) is 35.4 Å². The second-order valence-corrected chi connectivity index (χ2v) is 8.09. The van der Waals surface area contributed by atoms with Crippen molar-refractivity contribution >= 4 is 15.9 Å². The van der Waals surface area contributed by atoms with Crippen molar-refractivity contribution < 1.29 is 17.9 Å². The normalized spacial score (nSPS) is 11.2. The van der Waals surface area contributed by atoms with Gasteiger partial charge in [0.05, 0.1) is 11.5 Å². The summed E-state index contributed by atoms with van der Waals surface area (Å²) in [6.07, 6.45) is 0.922. The molecule has 146 valence electrons. The first-order valence-corrected chi connectivity index (χ1v) is 10.4. The van der Waals surface area contributed by atoms with Crippen LogP contribution in [-0.2, 0) is 14.8 Å². The first-order chi connectivity index (χ1) is 12.9. The fraction of sp³-hybridized carbons (Fsp3) is 0.350. The van der Waals surface area contributed by atoms with Crippen molar-refractivity contribution in [3.63, 3.8) is 0 Å². The van der Waals surface area contributed by atoms with Gasteiger partial charge in [0.15, 0.2) is 0 Å². The molecule has 0 spiro atoms. The first kappa shape index (κ1) is 20.9. The van der Waals surface area contributed by atoms with Crippen LogP contribution in [0.1, 0.15) is 24.0 Å². The van der Waals surface area contributed by atoms with E-state index in [9.17, 15) is 13.2 Å². The lowest BCUT2D eigenvalue weighted by atomic mass is 10.2. The minimum atomic E-state index is -3.55. The summed E-state index contributed by atoms with van der Waals surface area (Å²) in [5.74, 6) is 0.656. The summed E-state index contributed by atoms with van der Waals surface area (Å²) < 4.78 is 32.3. The molecule has 0 atom stereocenters. The van der Waals surface area contributed by atoms with Crippen molar-refractivity contribution in [1.82, 2.24) is 10.0 Å². The largest absolute Gasteiger partial charge is 0.494 e. The van der Waals surface area contributed by atoms with Crippen molar-refractivity contribution in [1.29, 1.82) is 0 Å². The van der Waals surface area contributed by atoms with Crippen molar-refractivity contribution in [3.05, 3.63) is 59.7 Å². The first-order valence-electron chi connectivity index (χ1n) is 8.89. The third kappa shape index (κ3) is 7.40. The molecule has 0 saturated carbocycles. The van der Waals surface area contributed by atoms with Crippen molar-refractivity contribution in [3.8, 4) is 5.75 Å². The zero-order valence-electron chi connectivity index (χ0n) is 15.7. The van der Waals surface area contributed by atoms with Gasteiger partial charge in [-0.05, 0) is 44.5 Å². The van der Waals surface area contributed by atoms with E-state index in [0.29, 0.717) is 19.4 Å². The predicted molar refractivity (Wildman–Crippen MR) is 105 cm³/mol. The number of ether oxygens (including phenoxy) is 1. The summed E-state index contributed by atoms with van der Waals surface area (Å²) in [6.45, 7) is 4.74. The van der Waals surface area contributed by atoms with Gasteiger partial charge in [-0.25, -0.2) is 13.1 Å². The van der Waals surface area contributed by atoms with E-state index in [0.717, 1.165) is 11.3 Å². The van der Waals surface area contributed by atoms with Crippen LogP contribution in [0.3, 0.4) is 0 Å². The van der Waals surface area contributed by atoms with Crippen molar-refractivity contribution in [2.45, 2.75) is 31.6 Å². The maximum absolute atomic E-state index is 12.1. The van der Waals surface area contributed by atoms with Crippen LogP contribution in [0.25, 0.3) is 0 Å². The molecule has 0 aliphatic heterocycles. The molecule has 0 aliphatic carbocycles. The molecule has 2 aromatic rings. The van der Waals surface area contributed by atoms with Gasteiger partial charge in [-0.15, -0.1) is 0 Å². The second-order valence-electron chi connectivity index (χ2n) is 6.33. The topological polar surface area (TPSA) is 84.5 Å². The van der Waals surface area contributed by atoms with Gasteiger partial charge >= 0.3 is 0 Å². The van der Waals surface area contributed by atoms with Crippen LogP contribution in [0, 0.1) is 13.8 Å². The predicted octanol–water partition coefficient (Wildman–Crippen LogP) is 2.56. The number of carbonyl (C=O) groups is 1. The number of carbonyl (C=O) groups excluding carboxylic acids is 1. The van der Waals surface area contributed by atoms with Gasteiger partial charge in [-0.3, -0.25) is 4.79 Å². The number of aryl methyl sites for hydroxylation is 2. The SMILES string of the molecule is Cc1ccc(OCCCC(=O)NCCNS(=O)(=O)c2ccc(C)cc2)cc1. The Morgan fingerprint density at radius 3 is 2.15 bits per heavy atom. The molecule has 1 amide bonds. The zero-order chi connectivity index (χ0) is 19.7. The molecular weight excluding hydrogens is 364 g/mol. The number of rotatable bonds is 10. The highest BCUT2D eigenvalue weighted by Crippen LogP contribution is 2.12. The lowest BCUT2D eigenvalue weighted by Crippen LogP contribution is -2.34. The van der Waals surface area contributed by atoms with E-state index in [1.807, 2.05) is 38.1 Å². The maximum Gasteiger partial charge on any atom is 0.240 e. The lowest BCUT2D eigenvalue weighted by Gasteiger charge is -2.09. The van der Waals surface area contributed by atoms with Crippen molar-refractivity contribution in [2.24, 2.45) is 0 Å². The summed E-state index contributed by atoms with van der Waals surface area (Å²) in [4.78, 5) is 12.0. The van der Waals surface area contributed by atoms with E-state index >= 15 is 0 Å². The molecule has 0 bridgehead atoms. The molecule has 0 saturated heterocycles. The minimum Gasteiger partial charge on any atom is -0.494 e. The summed E-state index contributed by atoms with van der Waals surface area (Å²) in [7, 11) is -3.55. The number of sulfonamides is 1. The molecule has 0 radical (unpaired) electrons. The molecule has 0 heterocycles. The monoisotopic (exact) mass is 390 g/mol. The molecule has 2 rings (SSSR count). The number of nitrogens with one attached hydrogen (secondary N) is 2. The van der Waals surface area contributed by atoms with Crippen LogP contribution in [-0.4, -0.2) is 34.0 Å². The van der Waals surface area contributed by atoms with E-state index in [-0.39, 0.29) is 23.9 Å². The highest BCUT2D eigenvalue weighted by atomic mass is 32.2. The molecular formula is C20H26N2O4S. The molecule has 0 aromatic heterocycles. The Kier molecular flexibility index (Phi) is 7.82. The van der Waals surface area contributed by atoms with Crippen LogP contribution in [0.4, 0.5) is 0 Å². The van der Waals surface area contributed by atoms with Gasteiger partial charge in [0, 0.05) is 19.5 Å². The number of hydrogen-bond donors (Lipinski definition) is 2. The Bertz CT molecular complexity index is 831. The minimum absolute atomic E-state index is 0.128. The highest BCUT2D eigenvalue weighted by Gasteiger charge is 2.12. The number of hydrogen-bond acceptors (Lipinski definition) is 4. The van der Waals surface area contributed by atoms with Gasteiger partial charge in [0.1, 0.15) is 5.75 Å². The van der Waals surface area contributed by atoms with Crippen LogP contribution >= 0.6 is 0 Å². The molecule has 7 heteroatoms. The average Bonchev–Trinajstić information content (AvgIpc) is 2.64. The average molecular weight is 391 g/mol. The van der Waals surface area contributed by atoms with Crippen LogP contribution in [0.5, 0.6) is 5.75 Å². The zero-order valence-corrected chi connectivity index (χ0v) is 16.5. The maximum atomic E-state index is 12.1. The Balaban J connectivity index is 1.60. The third-order valence-electron chi connectivity index (χ3n) is 3.91. The van der Waals surface area contributed by atoms with Gasteiger partial charge in [0.2, 0.25) is 15.9 Å². The fourth-order valence-corrected chi connectivity index (χ4v) is 3.37. The van der Waals surface area contributed by atoms with Crippen molar-refractivity contribution in [2.75, 3.05) is 19.7 Å². The smallest absolute Gasteiger partial charge is 0.240 e. The van der Waals surface area contributed by atoms with E-state index in [1.165, 1.54) is 5.56 Å². The Hall–Kier alpha value is -2.38. The van der Waals surface area contributed by atoms with Gasteiger partial charge in [-0.2, -0.15) is 0 Å². The van der Waals surface area contributed by atoms with Gasteiger partial charge in [0.25, 0.3) is 0 Å². The molecule has 0 aliphatic rings. The van der Waals surface area contributed by atoms with E-state index in [2.05, 4.69) is 10.0 Å². The third-order valence-corrected chi connectivity index (χ3v) is 5.39. The highest BCUT2D eigenvalue weighted by molar-refractivity contribution is 7.89. The Morgan fingerprint density at radius 2 is 1.52 bits per heavy atom. The fourth-order valence-electron chi connectivity index (χ4n) is 2.33. The van der Waals surface area contributed by atoms with E-state index in [1.54, 1.807) is 24.3 Å².